The fourth-order valence-corrected chi connectivity index (χ4v) is 4.85. The third kappa shape index (κ3) is 4.02. The van der Waals surface area contributed by atoms with E-state index in [0.29, 0.717) is 52.0 Å². The molecule has 6 rings (SSSR count). The maximum atomic E-state index is 15.3. The van der Waals surface area contributed by atoms with E-state index in [0.717, 1.165) is 5.69 Å². The SMILES string of the molecule is Cc1cccc(-c2cc3c(n4cnnc24)N(C(=O)OC(C)(C)C)Cc2c(F)ccc4c2[C@H](CO4)CO3)n1. The number of aromatic nitrogens is 4. The van der Waals surface area contributed by atoms with Crippen LogP contribution < -0.4 is 14.4 Å². The van der Waals surface area contributed by atoms with Crippen molar-refractivity contribution in [1.29, 1.82) is 0 Å². The van der Waals surface area contributed by atoms with Gasteiger partial charge in [-0.15, -0.1) is 10.2 Å². The molecule has 0 fully saturated rings. The lowest BCUT2D eigenvalue weighted by atomic mass is 9.95. The Morgan fingerprint density at radius 1 is 1.14 bits per heavy atom. The molecule has 0 unspecified atom stereocenters. The second kappa shape index (κ2) is 8.43. The van der Waals surface area contributed by atoms with E-state index in [4.69, 9.17) is 14.2 Å². The number of pyridine rings is 2. The van der Waals surface area contributed by atoms with Gasteiger partial charge < -0.3 is 14.2 Å². The highest BCUT2D eigenvalue weighted by atomic mass is 19.1. The smallest absolute Gasteiger partial charge is 0.416 e. The van der Waals surface area contributed by atoms with Crippen molar-refractivity contribution in [2.24, 2.45) is 0 Å². The summed E-state index contributed by atoms with van der Waals surface area (Å²) < 4.78 is 35.0. The predicted molar refractivity (Wildman–Crippen MR) is 134 cm³/mol. The van der Waals surface area contributed by atoms with Crippen LogP contribution in [0.1, 0.15) is 43.5 Å². The molecule has 2 aliphatic rings. The number of aryl methyl sites for hydroxylation is 1. The molecule has 0 radical (unpaired) electrons. The average Bonchev–Trinajstić information content (AvgIpc) is 3.48. The van der Waals surface area contributed by atoms with Crippen molar-refractivity contribution in [3.63, 3.8) is 0 Å². The molecule has 9 nitrogen and oxygen atoms in total. The zero-order chi connectivity index (χ0) is 25.9. The van der Waals surface area contributed by atoms with E-state index in [1.165, 1.54) is 17.3 Å². The highest BCUT2D eigenvalue weighted by Crippen LogP contribution is 2.43. The minimum Gasteiger partial charge on any atom is -0.493 e. The van der Waals surface area contributed by atoms with Crippen LogP contribution in [0.25, 0.3) is 16.9 Å². The molecule has 0 saturated heterocycles. The van der Waals surface area contributed by atoms with Crippen molar-refractivity contribution >= 4 is 17.6 Å². The summed E-state index contributed by atoms with van der Waals surface area (Å²) in [5.74, 6) is 0.719. The van der Waals surface area contributed by atoms with Gasteiger partial charge in [-0.3, -0.25) is 14.3 Å². The number of rotatable bonds is 1. The number of carbonyl (C=O) groups is 1. The van der Waals surface area contributed by atoms with Gasteiger partial charge in [-0.05, 0) is 58.0 Å². The maximum absolute atomic E-state index is 15.3. The standard InChI is InChI=1S/C27H26FN5O4/c1-15-6-5-7-20(30-15)17-10-22-25(33-14-29-31-24(17)33)32(26(34)37-27(2,3)4)11-18-19(28)8-9-21-23(18)16(12-35-21)13-36-22/h5-10,14,16H,11-13H2,1-4H3/t16-/m1/s1. The van der Waals surface area contributed by atoms with Gasteiger partial charge in [0.1, 0.15) is 23.5 Å². The number of benzene rings is 1. The van der Waals surface area contributed by atoms with E-state index in [-0.39, 0.29) is 19.1 Å². The summed E-state index contributed by atoms with van der Waals surface area (Å²) in [7, 11) is 0. The first kappa shape index (κ1) is 23.2. The molecule has 190 valence electrons. The van der Waals surface area contributed by atoms with Crippen molar-refractivity contribution in [3.8, 4) is 22.8 Å². The van der Waals surface area contributed by atoms with Gasteiger partial charge in [-0.2, -0.15) is 0 Å². The summed E-state index contributed by atoms with van der Waals surface area (Å²) in [5.41, 5.74) is 3.00. The van der Waals surface area contributed by atoms with Crippen molar-refractivity contribution in [2.45, 2.75) is 45.8 Å². The summed E-state index contributed by atoms with van der Waals surface area (Å²) in [4.78, 5) is 19.7. The van der Waals surface area contributed by atoms with Crippen molar-refractivity contribution < 1.29 is 23.4 Å². The van der Waals surface area contributed by atoms with Crippen LogP contribution in [-0.2, 0) is 11.3 Å². The predicted octanol–water partition coefficient (Wildman–Crippen LogP) is 5.05. The van der Waals surface area contributed by atoms with Gasteiger partial charge in [0.05, 0.1) is 31.4 Å². The van der Waals surface area contributed by atoms with E-state index in [1.54, 1.807) is 31.2 Å². The molecule has 5 heterocycles. The van der Waals surface area contributed by atoms with Gasteiger partial charge in [0.25, 0.3) is 0 Å². The van der Waals surface area contributed by atoms with Gasteiger partial charge in [0, 0.05) is 22.4 Å². The molecule has 0 N–H and O–H groups in total. The largest absolute Gasteiger partial charge is 0.493 e. The van der Waals surface area contributed by atoms with Crippen LogP contribution in [0.3, 0.4) is 0 Å². The number of fused-ring (bicyclic) bond motifs is 3. The highest BCUT2D eigenvalue weighted by Gasteiger charge is 2.37. The Kier molecular flexibility index (Phi) is 5.29. The number of halogens is 1. The number of hydrogen-bond donors (Lipinski definition) is 0. The van der Waals surface area contributed by atoms with Crippen LogP contribution in [0.5, 0.6) is 11.5 Å². The van der Waals surface area contributed by atoms with Crippen molar-refractivity contribution in [3.05, 3.63) is 65.4 Å². The second-order valence-electron chi connectivity index (χ2n) is 10.3. The number of carbonyl (C=O) groups excluding carboxylic acids is 1. The summed E-state index contributed by atoms with van der Waals surface area (Å²) in [6.45, 7) is 7.75. The molecule has 1 amide bonds. The lowest BCUT2D eigenvalue weighted by molar-refractivity contribution is 0.0574. The first-order valence-electron chi connectivity index (χ1n) is 12.1. The van der Waals surface area contributed by atoms with E-state index >= 15 is 4.39 Å². The molecule has 2 aliphatic heterocycles. The summed E-state index contributed by atoms with van der Waals surface area (Å²) in [6.07, 6.45) is 0.856. The lowest BCUT2D eigenvalue weighted by Gasteiger charge is -2.29. The van der Waals surface area contributed by atoms with Gasteiger partial charge in [-0.1, -0.05) is 6.07 Å². The van der Waals surface area contributed by atoms with Gasteiger partial charge in [0.2, 0.25) is 0 Å². The van der Waals surface area contributed by atoms with Crippen molar-refractivity contribution in [1.82, 2.24) is 19.6 Å². The van der Waals surface area contributed by atoms with E-state index < -0.39 is 17.5 Å². The average molecular weight is 504 g/mol. The molecule has 0 aliphatic carbocycles. The fraction of sp³-hybridized carbons (Fsp3) is 0.333. The summed E-state index contributed by atoms with van der Waals surface area (Å²) in [5, 5.41) is 8.45. The molecule has 1 atom stereocenters. The van der Waals surface area contributed by atoms with Crippen LogP contribution in [0.4, 0.5) is 15.0 Å². The zero-order valence-electron chi connectivity index (χ0n) is 21.0. The van der Waals surface area contributed by atoms with Crippen LogP contribution in [0.15, 0.2) is 42.7 Å². The number of nitrogens with zero attached hydrogens (tertiary/aromatic N) is 5. The molecule has 3 aromatic heterocycles. The molecule has 0 spiro atoms. The zero-order valence-corrected chi connectivity index (χ0v) is 21.0. The normalized spacial score (nSPS) is 16.7. The summed E-state index contributed by atoms with van der Waals surface area (Å²) >= 11 is 0. The molecule has 0 saturated carbocycles. The Balaban J connectivity index is 1.60. The Labute approximate surface area is 212 Å². The summed E-state index contributed by atoms with van der Waals surface area (Å²) in [6, 6.07) is 10.5. The fourth-order valence-electron chi connectivity index (χ4n) is 4.85. The van der Waals surface area contributed by atoms with E-state index in [9.17, 15) is 4.79 Å². The first-order chi connectivity index (χ1) is 17.7. The van der Waals surface area contributed by atoms with E-state index in [2.05, 4.69) is 15.2 Å². The monoisotopic (exact) mass is 503 g/mol. The number of hydrogen-bond acceptors (Lipinski definition) is 7. The van der Waals surface area contributed by atoms with Crippen molar-refractivity contribution in [2.75, 3.05) is 18.1 Å². The third-order valence-electron chi connectivity index (χ3n) is 6.41. The first-order valence-corrected chi connectivity index (χ1v) is 12.1. The van der Waals surface area contributed by atoms with Gasteiger partial charge in [-0.25, -0.2) is 9.18 Å². The van der Waals surface area contributed by atoms with Gasteiger partial charge >= 0.3 is 6.09 Å². The topological polar surface area (TPSA) is 91.1 Å². The Morgan fingerprint density at radius 3 is 2.68 bits per heavy atom. The Hall–Kier alpha value is -4.21. The Morgan fingerprint density at radius 2 is 1.92 bits per heavy atom. The minimum atomic E-state index is -0.781. The lowest BCUT2D eigenvalue weighted by Crippen LogP contribution is -2.38. The molecular formula is C27H26FN5O4. The molecule has 10 heteroatoms. The second-order valence-corrected chi connectivity index (χ2v) is 10.3. The number of anilines is 1. The van der Waals surface area contributed by atoms with Crippen LogP contribution in [-0.4, -0.2) is 44.5 Å². The van der Waals surface area contributed by atoms with Crippen LogP contribution in [0.2, 0.25) is 0 Å². The minimum absolute atomic E-state index is 0.0878. The Bertz CT molecular complexity index is 1540. The molecule has 1 aromatic carbocycles. The maximum Gasteiger partial charge on any atom is 0.416 e. The van der Waals surface area contributed by atoms with Gasteiger partial charge in [0.15, 0.2) is 17.2 Å². The third-order valence-corrected chi connectivity index (χ3v) is 6.41. The van der Waals surface area contributed by atoms with Crippen LogP contribution >= 0.6 is 0 Å². The molecule has 0 bridgehead atoms. The van der Waals surface area contributed by atoms with E-state index in [1.807, 2.05) is 31.2 Å². The molecule has 4 aromatic rings. The quantitative estimate of drug-likeness (QED) is 0.359. The number of amides is 1. The number of ether oxygens (including phenoxy) is 3. The van der Waals surface area contributed by atoms with Crippen LogP contribution in [0, 0.1) is 12.7 Å². The molecular weight excluding hydrogens is 477 g/mol. The highest BCUT2D eigenvalue weighted by molar-refractivity contribution is 5.91. The molecule has 37 heavy (non-hydrogen) atoms.